The fourth-order valence-corrected chi connectivity index (χ4v) is 3.54. The van der Waals surface area contributed by atoms with Crippen molar-refractivity contribution in [2.24, 2.45) is 5.92 Å². The zero-order valence-corrected chi connectivity index (χ0v) is 15.7. The molecule has 5 heteroatoms. The lowest BCUT2D eigenvalue weighted by Crippen LogP contribution is -2.22. The second-order valence-electron chi connectivity index (χ2n) is 7.56. The van der Waals surface area contributed by atoms with E-state index < -0.39 is 0 Å². The smallest absolute Gasteiger partial charge is 0.151 e. The Balaban J connectivity index is 1.54. The van der Waals surface area contributed by atoms with E-state index in [0.717, 1.165) is 36.6 Å². The molecule has 26 heavy (non-hydrogen) atoms. The van der Waals surface area contributed by atoms with Gasteiger partial charge in [-0.05, 0) is 54.5 Å². The summed E-state index contributed by atoms with van der Waals surface area (Å²) in [7, 11) is 0. The zero-order valence-electron chi connectivity index (χ0n) is 15.7. The van der Waals surface area contributed by atoms with Crippen LogP contribution in [0.1, 0.15) is 49.4 Å². The van der Waals surface area contributed by atoms with E-state index in [4.69, 9.17) is 0 Å². The number of carbonyl (C=O) groups is 1. The van der Waals surface area contributed by atoms with Crippen molar-refractivity contribution >= 4 is 11.6 Å². The molecule has 4 nitrogen and oxygen atoms in total. The molecule has 2 heterocycles. The molecule has 1 aliphatic rings. The molecule has 1 saturated heterocycles. The van der Waals surface area contributed by atoms with Gasteiger partial charge in [0.25, 0.3) is 0 Å². The normalized spacial score (nSPS) is 17.1. The molecule has 0 radical (unpaired) electrons. The molecular formula is C21H26FN3O. The Morgan fingerprint density at radius 3 is 2.73 bits per heavy atom. The van der Waals surface area contributed by atoms with Crippen LogP contribution in [0, 0.1) is 18.7 Å². The number of aryl methyl sites for hydroxylation is 1. The fraction of sp³-hybridized carbons (Fsp3) is 0.476. The first kappa shape index (κ1) is 18.5. The molecule has 1 atom stereocenters. The molecule has 0 aliphatic carbocycles. The third-order valence-corrected chi connectivity index (χ3v) is 5.00. The SMILES string of the molecule is Cc1ccc(N2CC[C@H](CC(=O)Cc3ccc(C(C)C)c(F)c3)C2)nn1. The minimum Gasteiger partial charge on any atom is -0.355 e. The summed E-state index contributed by atoms with van der Waals surface area (Å²) in [6, 6.07) is 9.12. The van der Waals surface area contributed by atoms with Crippen LogP contribution in [0.3, 0.4) is 0 Å². The average Bonchev–Trinajstić information content (AvgIpc) is 3.03. The van der Waals surface area contributed by atoms with Gasteiger partial charge in [-0.1, -0.05) is 26.0 Å². The lowest BCUT2D eigenvalue weighted by Gasteiger charge is -2.16. The second kappa shape index (κ2) is 7.94. The lowest BCUT2D eigenvalue weighted by molar-refractivity contribution is -0.119. The molecule has 1 aromatic heterocycles. The number of carbonyl (C=O) groups excluding carboxylic acids is 1. The van der Waals surface area contributed by atoms with Gasteiger partial charge in [0.05, 0.1) is 5.69 Å². The van der Waals surface area contributed by atoms with Gasteiger partial charge in [-0.15, -0.1) is 5.10 Å². The first-order valence-corrected chi connectivity index (χ1v) is 9.27. The molecule has 1 aromatic carbocycles. The third-order valence-electron chi connectivity index (χ3n) is 5.00. The highest BCUT2D eigenvalue weighted by atomic mass is 19.1. The average molecular weight is 355 g/mol. The summed E-state index contributed by atoms with van der Waals surface area (Å²) < 4.78 is 14.1. The number of aromatic nitrogens is 2. The molecule has 0 spiro atoms. The van der Waals surface area contributed by atoms with Crippen LogP contribution in [0.25, 0.3) is 0 Å². The number of hydrogen-bond donors (Lipinski definition) is 0. The van der Waals surface area contributed by atoms with E-state index in [1.807, 2.05) is 39.0 Å². The molecule has 1 fully saturated rings. The highest BCUT2D eigenvalue weighted by molar-refractivity contribution is 5.81. The monoisotopic (exact) mass is 355 g/mol. The molecule has 2 aromatic rings. The largest absolute Gasteiger partial charge is 0.355 e. The van der Waals surface area contributed by atoms with Gasteiger partial charge in [0.15, 0.2) is 5.82 Å². The Hall–Kier alpha value is -2.30. The highest BCUT2D eigenvalue weighted by Crippen LogP contribution is 2.25. The van der Waals surface area contributed by atoms with Crippen LogP contribution in [-0.4, -0.2) is 29.1 Å². The van der Waals surface area contributed by atoms with Gasteiger partial charge < -0.3 is 4.90 Å². The summed E-state index contributed by atoms with van der Waals surface area (Å²) in [5.41, 5.74) is 2.36. The summed E-state index contributed by atoms with van der Waals surface area (Å²) in [5.74, 6) is 1.30. The molecule has 0 amide bonds. The topological polar surface area (TPSA) is 46.1 Å². The quantitative estimate of drug-likeness (QED) is 0.783. The van der Waals surface area contributed by atoms with Gasteiger partial charge in [0.2, 0.25) is 0 Å². The number of benzene rings is 1. The van der Waals surface area contributed by atoms with Gasteiger partial charge in [0, 0.05) is 25.9 Å². The summed E-state index contributed by atoms with van der Waals surface area (Å²) in [4.78, 5) is 14.6. The minimum absolute atomic E-state index is 0.147. The van der Waals surface area contributed by atoms with Crippen molar-refractivity contribution in [1.82, 2.24) is 10.2 Å². The maximum Gasteiger partial charge on any atom is 0.151 e. The highest BCUT2D eigenvalue weighted by Gasteiger charge is 2.25. The number of rotatable bonds is 6. The number of anilines is 1. The van der Waals surface area contributed by atoms with Crippen molar-refractivity contribution in [3.63, 3.8) is 0 Å². The molecule has 0 saturated carbocycles. The van der Waals surface area contributed by atoms with Gasteiger partial charge in [-0.2, -0.15) is 5.10 Å². The summed E-state index contributed by atoms with van der Waals surface area (Å²) in [6.45, 7) is 7.57. The van der Waals surface area contributed by atoms with E-state index >= 15 is 0 Å². The van der Waals surface area contributed by atoms with Crippen molar-refractivity contribution in [1.29, 1.82) is 0 Å². The summed E-state index contributed by atoms with van der Waals surface area (Å²) in [6.07, 6.45) is 1.81. The number of Topliss-reactive ketones (excluding diaryl/α,β-unsaturated/α-hetero) is 1. The number of hydrogen-bond acceptors (Lipinski definition) is 4. The van der Waals surface area contributed by atoms with Gasteiger partial charge in [-0.3, -0.25) is 4.79 Å². The number of nitrogens with zero attached hydrogens (tertiary/aromatic N) is 3. The van der Waals surface area contributed by atoms with E-state index in [9.17, 15) is 9.18 Å². The van der Waals surface area contributed by atoms with Crippen LogP contribution in [0.4, 0.5) is 10.2 Å². The lowest BCUT2D eigenvalue weighted by atomic mass is 9.95. The van der Waals surface area contributed by atoms with Crippen LogP contribution in [0.5, 0.6) is 0 Å². The number of halogens is 1. The van der Waals surface area contributed by atoms with E-state index in [-0.39, 0.29) is 17.5 Å². The van der Waals surface area contributed by atoms with Crippen molar-refractivity contribution < 1.29 is 9.18 Å². The molecule has 0 bridgehead atoms. The molecule has 138 valence electrons. The predicted molar refractivity (Wildman–Crippen MR) is 101 cm³/mol. The van der Waals surface area contributed by atoms with Gasteiger partial charge >= 0.3 is 0 Å². The maximum atomic E-state index is 14.1. The molecule has 0 unspecified atom stereocenters. The Morgan fingerprint density at radius 2 is 2.08 bits per heavy atom. The van der Waals surface area contributed by atoms with Gasteiger partial charge in [0.1, 0.15) is 11.6 Å². The van der Waals surface area contributed by atoms with E-state index in [1.54, 1.807) is 6.07 Å². The van der Waals surface area contributed by atoms with Gasteiger partial charge in [-0.25, -0.2) is 4.39 Å². The predicted octanol–water partition coefficient (Wildman–Crippen LogP) is 4.08. The molecular weight excluding hydrogens is 329 g/mol. The summed E-state index contributed by atoms with van der Waals surface area (Å²) >= 11 is 0. The summed E-state index contributed by atoms with van der Waals surface area (Å²) in [5, 5.41) is 8.32. The molecule has 1 aliphatic heterocycles. The van der Waals surface area contributed by atoms with E-state index in [2.05, 4.69) is 15.1 Å². The Kier molecular flexibility index (Phi) is 5.64. The van der Waals surface area contributed by atoms with Crippen molar-refractivity contribution in [2.45, 2.75) is 46.0 Å². The fourth-order valence-electron chi connectivity index (χ4n) is 3.54. The van der Waals surface area contributed by atoms with Crippen LogP contribution in [0.15, 0.2) is 30.3 Å². The van der Waals surface area contributed by atoms with Crippen molar-refractivity contribution in [3.8, 4) is 0 Å². The Morgan fingerprint density at radius 1 is 1.27 bits per heavy atom. The first-order chi connectivity index (χ1) is 12.4. The van der Waals surface area contributed by atoms with Crippen LogP contribution >= 0.6 is 0 Å². The second-order valence-corrected chi connectivity index (χ2v) is 7.56. The van der Waals surface area contributed by atoms with E-state index in [0.29, 0.717) is 24.3 Å². The number of ketones is 1. The van der Waals surface area contributed by atoms with Crippen LogP contribution < -0.4 is 4.90 Å². The standard InChI is InChI=1S/C21H26FN3O/c1-14(2)19-6-5-16(12-20(19)22)10-18(26)11-17-8-9-25(13-17)21-7-4-15(3)23-24-21/h4-7,12,14,17H,8-11,13H2,1-3H3/t17-/m1/s1. The van der Waals surface area contributed by atoms with Crippen LogP contribution in [-0.2, 0) is 11.2 Å². The minimum atomic E-state index is -0.213. The zero-order chi connectivity index (χ0) is 18.7. The Bertz CT molecular complexity index is 773. The van der Waals surface area contributed by atoms with Crippen molar-refractivity contribution in [3.05, 3.63) is 53.0 Å². The first-order valence-electron chi connectivity index (χ1n) is 9.27. The Labute approximate surface area is 154 Å². The third kappa shape index (κ3) is 4.45. The van der Waals surface area contributed by atoms with E-state index in [1.165, 1.54) is 6.07 Å². The van der Waals surface area contributed by atoms with Crippen LogP contribution in [0.2, 0.25) is 0 Å². The van der Waals surface area contributed by atoms with Crippen molar-refractivity contribution in [2.75, 3.05) is 18.0 Å². The maximum absolute atomic E-state index is 14.1. The molecule has 0 N–H and O–H groups in total. The molecule has 3 rings (SSSR count).